The second kappa shape index (κ2) is 9.01. The minimum Gasteiger partial charge on any atom is -0.341 e. The topological polar surface area (TPSA) is 61.7 Å². The Balaban J connectivity index is 1.61. The fourth-order valence-corrected chi connectivity index (χ4v) is 3.54. The molecule has 1 aliphatic heterocycles. The van der Waals surface area contributed by atoms with Gasteiger partial charge in [0.25, 0.3) is 0 Å². The summed E-state index contributed by atoms with van der Waals surface area (Å²) in [6.45, 7) is 2.53. The highest BCUT2D eigenvalue weighted by Crippen LogP contribution is 2.21. The molecule has 0 aliphatic carbocycles. The van der Waals surface area contributed by atoms with Crippen molar-refractivity contribution in [1.82, 2.24) is 24.5 Å². The molecule has 0 spiro atoms. The standard InChI is InChI=1S/C21H29N5O2/c1-23(2)12-13-25-16-18(8-9-20(25)27)21(28)24(3)15-17-6-4-7-19(14-17)26-11-5-10-22-26/h4-7,10-11,14,18H,8-9,12-13,15-16H2,1-3H3/t18-/m1/s1. The molecule has 2 aromatic rings. The number of benzene rings is 1. The third-order valence-electron chi connectivity index (χ3n) is 5.14. The highest BCUT2D eigenvalue weighted by molar-refractivity contribution is 5.83. The van der Waals surface area contributed by atoms with Gasteiger partial charge in [-0.05, 0) is 44.3 Å². The van der Waals surface area contributed by atoms with Crippen LogP contribution in [0.3, 0.4) is 0 Å². The average Bonchev–Trinajstić information content (AvgIpc) is 3.22. The van der Waals surface area contributed by atoms with E-state index in [4.69, 9.17) is 0 Å². The van der Waals surface area contributed by atoms with E-state index in [1.54, 1.807) is 15.8 Å². The lowest BCUT2D eigenvalue weighted by atomic mass is 9.96. The molecule has 1 aromatic heterocycles. The molecule has 2 amide bonds. The van der Waals surface area contributed by atoms with E-state index in [0.29, 0.717) is 32.5 Å². The summed E-state index contributed by atoms with van der Waals surface area (Å²) in [7, 11) is 5.81. The summed E-state index contributed by atoms with van der Waals surface area (Å²) in [5, 5.41) is 4.26. The minimum atomic E-state index is -0.126. The van der Waals surface area contributed by atoms with Gasteiger partial charge in [0.05, 0.1) is 11.6 Å². The van der Waals surface area contributed by atoms with Gasteiger partial charge < -0.3 is 14.7 Å². The predicted molar refractivity (Wildman–Crippen MR) is 108 cm³/mol. The first-order chi connectivity index (χ1) is 13.4. The van der Waals surface area contributed by atoms with E-state index < -0.39 is 0 Å². The van der Waals surface area contributed by atoms with Crippen molar-refractivity contribution in [3.8, 4) is 5.69 Å². The van der Waals surface area contributed by atoms with Crippen LogP contribution in [0.5, 0.6) is 0 Å². The number of carbonyl (C=O) groups is 2. The molecule has 28 heavy (non-hydrogen) atoms. The second-order valence-electron chi connectivity index (χ2n) is 7.69. The molecule has 0 unspecified atom stereocenters. The molecule has 0 N–H and O–H groups in total. The maximum atomic E-state index is 13.0. The maximum Gasteiger partial charge on any atom is 0.227 e. The van der Waals surface area contributed by atoms with Gasteiger partial charge in [0.1, 0.15) is 0 Å². The number of nitrogens with zero attached hydrogens (tertiary/aromatic N) is 5. The summed E-state index contributed by atoms with van der Waals surface area (Å²) >= 11 is 0. The molecular weight excluding hydrogens is 354 g/mol. The van der Waals surface area contributed by atoms with E-state index >= 15 is 0 Å². The number of amides is 2. The van der Waals surface area contributed by atoms with Gasteiger partial charge in [0.2, 0.25) is 11.8 Å². The zero-order valence-electron chi connectivity index (χ0n) is 16.9. The van der Waals surface area contributed by atoms with E-state index in [0.717, 1.165) is 17.8 Å². The molecule has 7 heteroatoms. The van der Waals surface area contributed by atoms with Crippen molar-refractivity contribution in [3.63, 3.8) is 0 Å². The van der Waals surface area contributed by atoms with Crippen molar-refractivity contribution in [2.45, 2.75) is 19.4 Å². The van der Waals surface area contributed by atoms with Crippen LogP contribution in [0.1, 0.15) is 18.4 Å². The largest absolute Gasteiger partial charge is 0.341 e. The fourth-order valence-electron chi connectivity index (χ4n) is 3.54. The van der Waals surface area contributed by atoms with Crippen molar-refractivity contribution in [1.29, 1.82) is 0 Å². The number of carbonyl (C=O) groups excluding carboxylic acids is 2. The van der Waals surface area contributed by atoms with Crippen molar-refractivity contribution in [2.24, 2.45) is 5.92 Å². The highest BCUT2D eigenvalue weighted by Gasteiger charge is 2.31. The maximum absolute atomic E-state index is 13.0. The van der Waals surface area contributed by atoms with Crippen molar-refractivity contribution in [3.05, 3.63) is 48.3 Å². The zero-order chi connectivity index (χ0) is 20.1. The molecule has 0 bridgehead atoms. The Labute approximate surface area is 166 Å². The van der Waals surface area contributed by atoms with Crippen LogP contribution in [0.25, 0.3) is 5.69 Å². The third-order valence-corrected chi connectivity index (χ3v) is 5.14. The number of aromatic nitrogens is 2. The highest BCUT2D eigenvalue weighted by atomic mass is 16.2. The summed E-state index contributed by atoms with van der Waals surface area (Å²) in [6, 6.07) is 9.92. The molecule has 1 saturated heterocycles. The molecule has 2 heterocycles. The normalized spacial score (nSPS) is 17.2. The van der Waals surface area contributed by atoms with Gasteiger partial charge in [-0.25, -0.2) is 4.68 Å². The molecule has 1 atom stereocenters. The Hall–Kier alpha value is -2.67. The van der Waals surface area contributed by atoms with Crippen LogP contribution >= 0.6 is 0 Å². The molecule has 1 aliphatic rings. The third kappa shape index (κ3) is 4.98. The van der Waals surface area contributed by atoms with Crippen LogP contribution in [0.4, 0.5) is 0 Å². The Morgan fingerprint density at radius 1 is 1.25 bits per heavy atom. The lowest BCUT2D eigenvalue weighted by molar-refractivity contribution is -0.142. The average molecular weight is 383 g/mol. The number of likely N-dealkylation sites (tertiary alicyclic amines) is 1. The van der Waals surface area contributed by atoms with Crippen molar-refractivity contribution < 1.29 is 9.59 Å². The first kappa shape index (κ1) is 20.1. The van der Waals surface area contributed by atoms with Crippen LogP contribution in [-0.2, 0) is 16.1 Å². The van der Waals surface area contributed by atoms with Crippen LogP contribution in [-0.4, -0.2) is 77.1 Å². The Morgan fingerprint density at radius 3 is 2.79 bits per heavy atom. The molecule has 3 rings (SSSR count). The van der Waals surface area contributed by atoms with Crippen LogP contribution in [0.2, 0.25) is 0 Å². The van der Waals surface area contributed by atoms with Gasteiger partial charge in [-0.3, -0.25) is 9.59 Å². The van der Waals surface area contributed by atoms with E-state index in [1.807, 2.05) is 62.6 Å². The van der Waals surface area contributed by atoms with Crippen molar-refractivity contribution in [2.75, 3.05) is 40.8 Å². The molecule has 0 saturated carbocycles. The lowest BCUT2D eigenvalue weighted by Gasteiger charge is -2.34. The number of hydrogen-bond donors (Lipinski definition) is 0. The van der Waals surface area contributed by atoms with Crippen LogP contribution in [0.15, 0.2) is 42.7 Å². The Kier molecular flexibility index (Phi) is 6.46. The smallest absolute Gasteiger partial charge is 0.227 e. The van der Waals surface area contributed by atoms with Gasteiger partial charge in [0, 0.05) is 52.0 Å². The number of hydrogen-bond acceptors (Lipinski definition) is 4. The first-order valence-corrected chi connectivity index (χ1v) is 9.70. The van der Waals surface area contributed by atoms with Crippen LogP contribution in [0, 0.1) is 5.92 Å². The molecule has 1 aromatic carbocycles. The quantitative estimate of drug-likeness (QED) is 0.729. The van der Waals surface area contributed by atoms with E-state index in [2.05, 4.69) is 10.00 Å². The van der Waals surface area contributed by atoms with Gasteiger partial charge in [-0.2, -0.15) is 5.10 Å². The summed E-state index contributed by atoms with van der Waals surface area (Å²) in [5.41, 5.74) is 2.03. The zero-order valence-corrected chi connectivity index (χ0v) is 16.9. The van der Waals surface area contributed by atoms with E-state index in [-0.39, 0.29) is 17.7 Å². The summed E-state index contributed by atoms with van der Waals surface area (Å²) in [6.07, 6.45) is 4.73. The Morgan fingerprint density at radius 2 is 2.07 bits per heavy atom. The molecule has 1 fully saturated rings. The number of piperidine rings is 1. The van der Waals surface area contributed by atoms with Crippen molar-refractivity contribution >= 4 is 11.8 Å². The monoisotopic (exact) mass is 383 g/mol. The minimum absolute atomic E-state index is 0.104. The van der Waals surface area contributed by atoms with Gasteiger partial charge in [-0.1, -0.05) is 12.1 Å². The summed E-state index contributed by atoms with van der Waals surface area (Å²) in [5.74, 6) is 0.131. The second-order valence-corrected chi connectivity index (χ2v) is 7.69. The summed E-state index contributed by atoms with van der Waals surface area (Å²) < 4.78 is 1.81. The lowest BCUT2D eigenvalue weighted by Crippen LogP contribution is -2.47. The van der Waals surface area contributed by atoms with Gasteiger partial charge in [0.15, 0.2) is 0 Å². The molecule has 0 radical (unpaired) electrons. The number of rotatable bonds is 7. The Bertz CT molecular complexity index is 803. The van der Waals surface area contributed by atoms with E-state index in [9.17, 15) is 9.59 Å². The summed E-state index contributed by atoms with van der Waals surface area (Å²) in [4.78, 5) is 30.8. The first-order valence-electron chi connectivity index (χ1n) is 9.70. The molecule has 150 valence electrons. The predicted octanol–water partition coefficient (Wildman–Crippen LogP) is 1.63. The molecule has 7 nitrogen and oxygen atoms in total. The molecular formula is C21H29N5O2. The van der Waals surface area contributed by atoms with Gasteiger partial charge >= 0.3 is 0 Å². The SMILES string of the molecule is CN(C)CCN1C[C@H](C(=O)N(C)Cc2cccc(-n3cccn3)c2)CCC1=O. The van der Waals surface area contributed by atoms with Crippen LogP contribution < -0.4 is 0 Å². The fraction of sp³-hybridized carbons (Fsp3) is 0.476. The van der Waals surface area contributed by atoms with E-state index in [1.165, 1.54) is 0 Å². The number of likely N-dealkylation sites (N-methyl/N-ethyl adjacent to an activating group) is 1. The van der Waals surface area contributed by atoms with Gasteiger partial charge in [-0.15, -0.1) is 0 Å².